The zero-order valence-corrected chi connectivity index (χ0v) is 14.3. The molecule has 0 radical (unpaired) electrons. The van der Waals surface area contributed by atoms with Crippen LogP contribution in [0.15, 0.2) is 41.9 Å². The Morgan fingerprint density at radius 2 is 2.00 bits per heavy atom. The number of aromatic nitrogens is 2. The molecule has 1 atom stereocenters. The van der Waals surface area contributed by atoms with Gasteiger partial charge in [0.25, 0.3) is 4.96 Å². The van der Waals surface area contributed by atoms with E-state index >= 15 is 0 Å². The van der Waals surface area contributed by atoms with E-state index in [1.165, 1.54) is 15.7 Å². The number of fused-ring (bicyclic) bond motifs is 1. The third-order valence-electron chi connectivity index (χ3n) is 4.82. The number of thiazole rings is 1. The Labute approximate surface area is 148 Å². The Balaban J connectivity index is 1.52. The van der Waals surface area contributed by atoms with Gasteiger partial charge in [0.15, 0.2) is 0 Å². The minimum absolute atomic E-state index is 0.0262. The second kappa shape index (κ2) is 6.45. The van der Waals surface area contributed by atoms with E-state index in [1.807, 2.05) is 35.2 Å². The molecule has 1 saturated heterocycles. The topological polar surface area (TPSA) is 83.9 Å². The second-order valence-corrected chi connectivity index (χ2v) is 7.12. The zero-order chi connectivity index (χ0) is 17.4. The first kappa shape index (κ1) is 16.0. The minimum Gasteiger partial charge on any atom is -0.388 e. The molecule has 0 amide bonds. The second-order valence-electron chi connectivity index (χ2n) is 6.25. The molecule has 0 saturated carbocycles. The normalized spacial score (nSPS) is 17.1. The van der Waals surface area contributed by atoms with Gasteiger partial charge in [0.1, 0.15) is 6.20 Å². The number of anilines is 1. The summed E-state index contributed by atoms with van der Waals surface area (Å²) in [6.45, 7) is 1.31. The van der Waals surface area contributed by atoms with Crippen LogP contribution in [0.3, 0.4) is 0 Å². The Morgan fingerprint density at radius 3 is 2.68 bits per heavy atom. The molecule has 3 heterocycles. The van der Waals surface area contributed by atoms with Crippen molar-refractivity contribution in [3.63, 3.8) is 0 Å². The summed E-state index contributed by atoms with van der Waals surface area (Å²) < 4.78 is 1.53. The van der Waals surface area contributed by atoms with Gasteiger partial charge in [-0.1, -0.05) is 41.7 Å². The Morgan fingerprint density at radius 1 is 1.28 bits per heavy atom. The van der Waals surface area contributed by atoms with Gasteiger partial charge in [0.05, 0.1) is 6.10 Å². The van der Waals surface area contributed by atoms with Crippen LogP contribution in [0.25, 0.3) is 4.96 Å². The molecule has 1 unspecified atom stereocenters. The number of aliphatic hydroxyl groups is 1. The quantitative estimate of drug-likeness (QED) is 0.572. The summed E-state index contributed by atoms with van der Waals surface area (Å²) in [7, 11) is 0. The third kappa shape index (κ3) is 2.87. The first-order chi connectivity index (χ1) is 12.1. The Hall–Kier alpha value is -2.45. The maximum Gasteiger partial charge on any atom is 0.373 e. The van der Waals surface area contributed by atoms with Crippen molar-refractivity contribution >= 4 is 27.9 Å². The number of hydrogen-bond donors (Lipinski definition) is 1. The number of benzene rings is 1. The molecule has 7 nitrogen and oxygen atoms in total. The van der Waals surface area contributed by atoms with Crippen LogP contribution in [0.4, 0.5) is 11.6 Å². The third-order valence-corrected chi connectivity index (χ3v) is 5.58. The summed E-state index contributed by atoms with van der Waals surface area (Å²) in [5.74, 6) is 0.615. The van der Waals surface area contributed by atoms with Gasteiger partial charge in [0.2, 0.25) is 5.82 Å². The Kier molecular flexibility index (Phi) is 4.14. The molecular weight excluding hydrogens is 340 g/mol. The number of rotatable bonds is 4. The van der Waals surface area contributed by atoms with Gasteiger partial charge in [-0.05, 0) is 29.2 Å². The Bertz CT molecular complexity index is 884. The molecule has 1 fully saturated rings. The number of aliphatic hydroxyl groups excluding tert-OH is 1. The van der Waals surface area contributed by atoms with E-state index in [-0.39, 0.29) is 16.7 Å². The molecule has 0 bridgehead atoms. The van der Waals surface area contributed by atoms with Gasteiger partial charge in [-0.25, -0.2) is 0 Å². The van der Waals surface area contributed by atoms with Crippen LogP contribution in [-0.4, -0.2) is 32.5 Å². The van der Waals surface area contributed by atoms with Crippen molar-refractivity contribution in [2.24, 2.45) is 5.92 Å². The number of hydrogen-bond acceptors (Lipinski definition) is 6. The maximum atomic E-state index is 11.5. The number of piperidine rings is 1. The monoisotopic (exact) mass is 358 g/mol. The van der Waals surface area contributed by atoms with E-state index in [0.29, 0.717) is 23.9 Å². The number of nitro groups is 1. The van der Waals surface area contributed by atoms with E-state index in [2.05, 4.69) is 4.98 Å². The first-order valence-corrected chi connectivity index (χ1v) is 9.11. The van der Waals surface area contributed by atoms with E-state index in [0.717, 1.165) is 18.4 Å². The van der Waals surface area contributed by atoms with Crippen LogP contribution in [0.2, 0.25) is 0 Å². The molecule has 2 aromatic heterocycles. The molecule has 4 rings (SSSR count). The van der Waals surface area contributed by atoms with Crippen LogP contribution in [0.1, 0.15) is 24.5 Å². The minimum atomic E-state index is -0.496. The zero-order valence-electron chi connectivity index (χ0n) is 13.5. The average molecular weight is 358 g/mol. The molecule has 130 valence electrons. The molecule has 0 aliphatic carbocycles. The fourth-order valence-corrected chi connectivity index (χ4v) is 4.20. The largest absolute Gasteiger partial charge is 0.388 e. The first-order valence-electron chi connectivity index (χ1n) is 8.23. The molecule has 1 aromatic carbocycles. The fourth-order valence-electron chi connectivity index (χ4n) is 3.49. The summed E-state index contributed by atoms with van der Waals surface area (Å²) in [6.07, 6.45) is 2.74. The molecular formula is C17H18N4O3S. The predicted molar refractivity (Wildman–Crippen MR) is 96.1 cm³/mol. The van der Waals surface area contributed by atoms with Crippen molar-refractivity contribution in [2.75, 3.05) is 18.0 Å². The molecule has 3 aromatic rings. The highest BCUT2D eigenvalue weighted by Gasteiger charge is 2.32. The molecule has 25 heavy (non-hydrogen) atoms. The lowest BCUT2D eigenvalue weighted by Gasteiger charge is -2.34. The van der Waals surface area contributed by atoms with Crippen molar-refractivity contribution in [1.29, 1.82) is 0 Å². The van der Waals surface area contributed by atoms with Crippen LogP contribution in [0, 0.1) is 16.0 Å². The summed E-state index contributed by atoms with van der Waals surface area (Å²) in [5, 5.41) is 23.9. The van der Waals surface area contributed by atoms with Gasteiger partial charge in [-0.2, -0.15) is 9.38 Å². The van der Waals surface area contributed by atoms with Crippen LogP contribution in [0.5, 0.6) is 0 Å². The highest BCUT2D eigenvalue weighted by atomic mass is 32.1. The summed E-state index contributed by atoms with van der Waals surface area (Å²) in [4.78, 5) is 18.2. The molecule has 1 aliphatic heterocycles. The molecule has 1 N–H and O–H groups in total. The lowest BCUT2D eigenvalue weighted by Crippen LogP contribution is -2.36. The smallest absolute Gasteiger partial charge is 0.373 e. The van der Waals surface area contributed by atoms with Crippen LogP contribution >= 0.6 is 11.3 Å². The fraction of sp³-hybridized carbons (Fsp3) is 0.353. The van der Waals surface area contributed by atoms with Crippen LogP contribution < -0.4 is 4.90 Å². The predicted octanol–water partition coefficient (Wildman–Crippen LogP) is 3.25. The molecule has 8 heteroatoms. The van der Waals surface area contributed by atoms with E-state index < -0.39 is 6.10 Å². The summed E-state index contributed by atoms with van der Waals surface area (Å²) in [5.41, 5.74) is 0.925. The van der Waals surface area contributed by atoms with E-state index in [9.17, 15) is 15.2 Å². The van der Waals surface area contributed by atoms with Gasteiger partial charge in [-0.3, -0.25) is 0 Å². The van der Waals surface area contributed by atoms with Crippen molar-refractivity contribution in [2.45, 2.75) is 18.9 Å². The lowest BCUT2D eigenvalue weighted by molar-refractivity contribution is -0.389. The maximum absolute atomic E-state index is 11.5. The van der Waals surface area contributed by atoms with Gasteiger partial charge in [0, 0.05) is 18.5 Å². The van der Waals surface area contributed by atoms with E-state index in [4.69, 9.17) is 0 Å². The van der Waals surface area contributed by atoms with Gasteiger partial charge in [-0.15, -0.1) is 0 Å². The summed E-state index contributed by atoms with van der Waals surface area (Å²) in [6, 6.07) is 9.66. The molecule has 1 aliphatic rings. The average Bonchev–Trinajstić information content (AvgIpc) is 3.22. The van der Waals surface area contributed by atoms with Crippen molar-refractivity contribution in [3.8, 4) is 0 Å². The SMILES string of the molecule is O=[N+]([O-])c1c(N2CCC(C(O)c3ccccc3)CC2)nc2sccn12. The lowest BCUT2D eigenvalue weighted by atomic mass is 9.87. The number of imidazole rings is 1. The van der Waals surface area contributed by atoms with E-state index in [1.54, 1.807) is 11.6 Å². The standard InChI is InChI=1S/C17H18N4O3S/c22-14(12-4-2-1-3-5-12)13-6-8-19(9-7-13)15-16(21(23)24)20-10-11-25-17(20)18-15/h1-5,10-11,13-14,22H,6-9H2. The summed E-state index contributed by atoms with van der Waals surface area (Å²) >= 11 is 1.39. The number of nitrogens with zero attached hydrogens (tertiary/aromatic N) is 4. The highest BCUT2D eigenvalue weighted by molar-refractivity contribution is 7.15. The molecule has 0 spiro atoms. The van der Waals surface area contributed by atoms with Crippen LogP contribution in [-0.2, 0) is 0 Å². The van der Waals surface area contributed by atoms with Gasteiger partial charge >= 0.3 is 5.82 Å². The van der Waals surface area contributed by atoms with Gasteiger partial charge < -0.3 is 20.1 Å². The van der Waals surface area contributed by atoms with Crippen molar-refractivity contribution < 1.29 is 10.0 Å². The van der Waals surface area contributed by atoms with Crippen molar-refractivity contribution in [1.82, 2.24) is 9.38 Å². The van der Waals surface area contributed by atoms with Crippen molar-refractivity contribution in [3.05, 3.63) is 57.6 Å². The highest BCUT2D eigenvalue weighted by Crippen LogP contribution is 2.36.